The highest BCUT2D eigenvalue weighted by atomic mass is 35.5. The van der Waals surface area contributed by atoms with Crippen LogP contribution in [0.5, 0.6) is 0 Å². The minimum absolute atomic E-state index is 0.0305. The summed E-state index contributed by atoms with van der Waals surface area (Å²) >= 11 is 6.15. The summed E-state index contributed by atoms with van der Waals surface area (Å²) in [6.07, 6.45) is 0.163. The summed E-state index contributed by atoms with van der Waals surface area (Å²) in [5.41, 5.74) is -0.109. The highest BCUT2D eigenvalue weighted by molar-refractivity contribution is 7.92. The van der Waals surface area contributed by atoms with Gasteiger partial charge < -0.3 is 9.88 Å². The van der Waals surface area contributed by atoms with Gasteiger partial charge in [-0.15, -0.1) is 0 Å². The quantitative estimate of drug-likeness (QED) is 0.334. The van der Waals surface area contributed by atoms with Gasteiger partial charge in [-0.2, -0.15) is 13.2 Å². The highest BCUT2D eigenvalue weighted by Crippen LogP contribution is 2.37. The van der Waals surface area contributed by atoms with Gasteiger partial charge in [-0.1, -0.05) is 48.0 Å². The van der Waals surface area contributed by atoms with E-state index in [1.54, 1.807) is 41.5 Å². The van der Waals surface area contributed by atoms with E-state index in [4.69, 9.17) is 11.6 Å². The lowest BCUT2D eigenvalue weighted by Crippen LogP contribution is -2.41. The van der Waals surface area contributed by atoms with E-state index < -0.39 is 39.9 Å². The van der Waals surface area contributed by atoms with Crippen molar-refractivity contribution in [3.05, 3.63) is 108 Å². The first kappa shape index (κ1) is 26.2. The summed E-state index contributed by atoms with van der Waals surface area (Å²) < 4.78 is 69.5. The third kappa shape index (κ3) is 5.95. The van der Waals surface area contributed by atoms with Crippen LogP contribution < -0.4 is 9.62 Å². The molecule has 1 heterocycles. The van der Waals surface area contributed by atoms with E-state index in [9.17, 15) is 26.4 Å². The van der Waals surface area contributed by atoms with Gasteiger partial charge in [-0.3, -0.25) is 9.10 Å². The zero-order chi connectivity index (χ0) is 26.6. The van der Waals surface area contributed by atoms with Crippen molar-refractivity contribution < 1.29 is 26.4 Å². The summed E-state index contributed by atoms with van der Waals surface area (Å²) in [5, 5.41) is 2.39. The Hall–Kier alpha value is -3.83. The number of alkyl halides is 3. The molecule has 12 heteroatoms. The van der Waals surface area contributed by atoms with Crippen LogP contribution in [0.3, 0.4) is 0 Å². The lowest BCUT2D eigenvalue weighted by molar-refractivity contribution is -0.137. The molecule has 0 saturated carbocycles. The average Bonchev–Trinajstić information content (AvgIpc) is 3.41. The molecule has 1 N–H and O–H groups in total. The first-order valence-electron chi connectivity index (χ1n) is 10.8. The second-order valence-electron chi connectivity index (χ2n) is 7.86. The molecular formula is C25H20ClF3N4O3S. The van der Waals surface area contributed by atoms with E-state index in [1.165, 1.54) is 24.3 Å². The summed E-state index contributed by atoms with van der Waals surface area (Å²) in [6.45, 7) is -0.770. The number of halogens is 4. The number of anilines is 1. The van der Waals surface area contributed by atoms with Gasteiger partial charge in [0.2, 0.25) is 5.91 Å². The smallest absolute Gasteiger partial charge is 0.350 e. The SMILES string of the molecule is O=C(CN(c1cc(C(F)(F)F)ccc1Cl)S(=O)(=O)c1ccccc1)NCc1ccccc1-n1ccnc1. The molecule has 0 aliphatic rings. The number of hydrogen-bond donors (Lipinski definition) is 1. The summed E-state index contributed by atoms with van der Waals surface area (Å²) in [5.74, 6) is -0.742. The Labute approximate surface area is 216 Å². The second-order valence-corrected chi connectivity index (χ2v) is 10.1. The van der Waals surface area contributed by atoms with E-state index in [2.05, 4.69) is 10.3 Å². The molecule has 0 aliphatic heterocycles. The number of benzene rings is 3. The molecule has 4 rings (SSSR count). The number of rotatable bonds is 8. The molecule has 0 aliphatic carbocycles. The molecule has 192 valence electrons. The molecule has 0 bridgehead atoms. The van der Waals surface area contributed by atoms with Crippen LogP contribution in [-0.4, -0.2) is 30.4 Å². The third-order valence-corrected chi connectivity index (χ3v) is 7.50. The Bertz CT molecular complexity index is 1500. The van der Waals surface area contributed by atoms with Crippen molar-refractivity contribution in [1.82, 2.24) is 14.9 Å². The summed E-state index contributed by atoms with van der Waals surface area (Å²) in [6, 6.07) is 16.6. The van der Waals surface area contributed by atoms with Crippen molar-refractivity contribution in [2.45, 2.75) is 17.6 Å². The fraction of sp³-hybridized carbons (Fsp3) is 0.120. The number of para-hydroxylation sites is 1. The molecule has 1 aromatic heterocycles. The molecule has 0 atom stereocenters. The molecule has 0 saturated heterocycles. The van der Waals surface area contributed by atoms with Gasteiger partial charge in [0.05, 0.1) is 33.2 Å². The molecule has 0 unspecified atom stereocenters. The Kier molecular flexibility index (Phi) is 7.55. The van der Waals surface area contributed by atoms with Crippen LogP contribution in [0.15, 0.2) is 96.4 Å². The Morgan fingerprint density at radius 1 is 1.03 bits per heavy atom. The molecule has 0 radical (unpaired) electrons. The maximum atomic E-state index is 13.5. The number of sulfonamides is 1. The van der Waals surface area contributed by atoms with E-state index in [0.29, 0.717) is 15.9 Å². The number of nitrogens with one attached hydrogen (secondary N) is 1. The summed E-state index contributed by atoms with van der Waals surface area (Å²) in [7, 11) is -4.45. The van der Waals surface area contributed by atoms with Crippen molar-refractivity contribution >= 4 is 33.2 Å². The van der Waals surface area contributed by atoms with Crippen LogP contribution in [-0.2, 0) is 27.5 Å². The van der Waals surface area contributed by atoms with E-state index in [0.717, 1.165) is 17.8 Å². The predicted octanol–water partition coefficient (Wildman–Crippen LogP) is 5.06. The van der Waals surface area contributed by atoms with Gasteiger partial charge in [0.1, 0.15) is 6.54 Å². The van der Waals surface area contributed by atoms with Crippen molar-refractivity contribution in [3.63, 3.8) is 0 Å². The molecule has 0 spiro atoms. The van der Waals surface area contributed by atoms with Gasteiger partial charge in [0.25, 0.3) is 10.0 Å². The van der Waals surface area contributed by atoms with Crippen LogP contribution >= 0.6 is 11.6 Å². The standard InChI is InChI=1S/C25H20ClF3N4O3S/c26-21-11-10-19(25(27,28)29)14-23(21)33(37(35,36)20-7-2-1-3-8-20)16-24(34)31-15-18-6-4-5-9-22(18)32-13-12-30-17-32/h1-14,17H,15-16H2,(H,31,34). The third-order valence-electron chi connectivity index (χ3n) is 5.41. The summed E-state index contributed by atoms with van der Waals surface area (Å²) in [4.78, 5) is 16.8. The molecule has 37 heavy (non-hydrogen) atoms. The molecule has 4 aromatic rings. The molecule has 0 fully saturated rings. The van der Waals surface area contributed by atoms with Crippen molar-refractivity contribution in [2.24, 2.45) is 0 Å². The highest BCUT2D eigenvalue weighted by Gasteiger charge is 2.34. The fourth-order valence-electron chi connectivity index (χ4n) is 3.59. The number of carbonyl (C=O) groups excluding carboxylic acids is 1. The van der Waals surface area contributed by atoms with Crippen LogP contribution in [0, 0.1) is 0 Å². The van der Waals surface area contributed by atoms with Crippen molar-refractivity contribution in [3.8, 4) is 5.69 Å². The van der Waals surface area contributed by atoms with Crippen LogP contribution in [0.2, 0.25) is 5.02 Å². The van der Waals surface area contributed by atoms with Crippen molar-refractivity contribution in [1.29, 1.82) is 0 Å². The molecule has 1 amide bonds. The number of aromatic nitrogens is 2. The minimum Gasteiger partial charge on any atom is -0.350 e. The van der Waals surface area contributed by atoms with Crippen molar-refractivity contribution in [2.75, 3.05) is 10.8 Å². The van der Waals surface area contributed by atoms with E-state index >= 15 is 0 Å². The molecular weight excluding hydrogens is 529 g/mol. The van der Waals surface area contributed by atoms with Gasteiger partial charge in [0, 0.05) is 18.9 Å². The maximum absolute atomic E-state index is 13.5. The number of carbonyl (C=O) groups is 1. The largest absolute Gasteiger partial charge is 0.416 e. The number of hydrogen-bond acceptors (Lipinski definition) is 4. The first-order chi connectivity index (χ1) is 17.6. The number of nitrogens with zero attached hydrogens (tertiary/aromatic N) is 3. The lowest BCUT2D eigenvalue weighted by Gasteiger charge is -2.26. The number of imidazole rings is 1. The topological polar surface area (TPSA) is 84.3 Å². The van der Waals surface area contributed by atoms with Gasteiger partial charge in [-0.25, -0.2) is 13.4 Å². The minimum atomic E-state index is -4.75. The van der Waals surface area contributed by atoms with Gasteiger partial charge in [-0.05, 0) is 42.0 Å². The van der Waals surface area contributed by atoms with Crippen LogP contribution in [0.4, 0.5) is 18.9 Å². The molecule has 7 nitrogen and oxygen atoms in total. The Balaban J connectivity index is 1.65. The van der Waals surface area contributed by atoms with E-state index in [-0.39, 0.29) is 16.5 Å². The monoisotopic (exact) mass is 548 g/mol. The normalized spacial score (nSPS) is 11.8. The first-order valence-corrected chi connectivity index (χ1v) is 12.7. The van der Waals surface area contributed by atoms with E-state index in [1.807, 2.05) is 12.1 Å². The zero-order valence-corrected chi connectivity index (χ0v) is 20.6. The van der Waals surface area contributed by atoms with Gasteiger partial charge in [0.15, 0.2) is 0 Å². The lowest BCUT2D eigenvalue weighted by atomic mass is 10.1. The molecule has 3 aromatic carbocycles. The van der Waals surface area contributed by atoms with Crippen LogP contribution in [0.25, 0.3) is 5.69 Å². The number of amides is 1. The average molecular weight is 549 g/mol. The maximum Gasteiger partial charge on any atom is 0.416 e. The Morgan fingerprint density at radius 3 is 2.41 bits per heavy atom. The predicted molar refractivity (Wildman–Crippen MR) is 133 cm³/mol. The second kappa shape index (κ2) is 10.7. The Morgan fingerprint density at radius 2 is 1.73 bits per heavy atom. The zero-order valence-electron chi connectivity index (χ0n) is 19.1. The fourth-order valence-corrected chi connectivity index (χ4v) is 5.32. The van der Waals surface area contributed by atoms with Gasteiger partial charge >= 0.3 is 6.18 Å². The van der Waals surface area contributed by atoms with Crippen LogP contribution in [0.1, 0.15) is 11.1 Å².